The van der Waals surface area contributed by atoms with E-state index in [0.717, 1.165) is 6.42 Å². The second kappa shape index (κ2) is 2.13. The number of amides is 1. The van der Waals surface area contributed by atoms with E-state index in [1.165, 1.54) is 0 Å². The zero-order chi connectivity index (χ0) is 5.98. The zero-order valence-electron chi connectivity index (χ0n) is 4.68. The number of nitrogens with one attached hydrogen (secondary N) is 1. The summed E-state index contributed by atoms with van der Waals surface area (Å²) >= 11 is 0. The van der Waals surface area contributed by atoms with Gasteiger partial charge in [-0.05, 0) is 6.42 Å². The highest BCUT2D eigenvalue weighted by molar-refractivity contribution is 5.49. The molecular weight excluding hydrogens is 106 g/mol. The molecule has 1 saturated carbocycles. The van der Waals surface area contributed by atoms with Gasteiger partial charge in [0.25, 0.3) is 0 Å². The van der Waals surface area contributed by atoms with Crippen LogP contribution >= 0.6 is 0 Å². The molecule has 0 aromatic rings. The highest BCUT2D eigenvalue weighted by atomic mass is 16.5. The lowest BCUT2D eigenvalue weighted by molar-refractivity contribution is 0.176. The summed E-state index contributed by atoms with van der Waals surface area (Å²) in [6.07, 6.45) is 2.80. The Morgan fingerprint density at radius 3 is 3.00 bits per heavy atom. The third kappa shape index (κ3) is 0.980. The first-order valence-electron chi connectivity index (χ1n) is 2.54. The Kier molecular flexibility index (Phi) is 1.48. The maximum atomic E-state index is 9.63. The van der Waals surface area contributed by atoms with Crippen molar-refractivity contribution in [2.24, 2.45) is 0 Å². The Labute approximate surface area is 48.0 Å². The molecule has 0 aromatic heterocycles. The van der Waals surface area contributed by atoms with Crippen molar-refractivity contribution in [2.75, 3.05) is 7.11 Å². The average molecular weight is 114 g/mol. The molecule has 1 radical (unpaired) electrons. The molecule has 45 valence electrons. The minimum Gasteiger partial charge on any atom is -0.379 e. The van der Waals surface area contributed by atoms with Crippen LogP contribution in [0.3, 0.4) is 0 Å². The molecule has 0 saturated heterocycles. The Morgan fingerprint density at radius 1 is 1.88 bits per heavy atom. The molecule has 2 unspecified atom stereocenters. The topological polar surface area (TPSA) is 38.3 Å². The van der Waals surface area contributed by atoms with Crippen LogP contribution in [0, 0.1) is 0 Å². The number of methoxy groups -OCH3 is 1. The van der Waals surface area contributed by atoms with E-state index in [9.17, 15) is 4.79 Å². The molecule has 0 aliphatic heterocycles. The lowest BCUT2D eigenvalue weighted by Gasteiger charge is -1.91. The fraction of sp³-hybridized carbons (Fsp3) is 0.800. The molecule has 0 bridgehead atoms. The van der Waals surface area contributed by atoms with Crippen molar-refractivity contribution in [3.63, 3.8) is 0 Å². The Balaban J connectivity index is 2.07. The monoisotopic (exact) mass is 114 g/mol. The number of hydrogen-bond donors (Lipinski definition) is 1. The third-order valence-electron chi connectivity index (χ3n) is 1.28. The Morgan fingerprint density at radius 2 is 2.62 bits per heavy atom. The van der Waals surface area contributed by atoms with E-state index in [4.69, 9.17) is 4.74 Å². The van der Waals surface area contributed by atoms with Gasteiger partial charge in [0.05, 0.1) is 12.1 Å². The van der Waals surface area contributed by atoms with E-state index in [0.29, 0.717) is 0 Å². The summed E-state index contributed by atoms with van der Waals surface area (Å²) in [5.41, 5.74) is 0. The quantitative estimate of drug-likeness (QED) is 0.499. The van der Waals surface area contributed by atoms with Gasteiger partial charge in [0.1, 0.15) is 0 Å². The molecule has 0 heterocycles. The van der Waals surface area contributed by atoms with E-state index in [1.807, 2.05) is 0 Å². The SMILES string of the molecule is COC1CC1N[C]=O. The van der Waals surface area contributed by atoms with E-state index >= 15 is 0 Å². The molecular formula is C5H8NO2. The second-order valence-corrected chi connectivity index (χ2v) is 1.86. The normalized spacial score (nSPS) is 34.1. The van der Waals surface area contributed by atoms with Gasteiger partial charge in [0, 0.05) is 7.11 Å². The van der Waals surface area contributed by atoms with Gasteiger partial charge in [-0.15, -0.1) is 0 Å². The summed E-state index contributed by atoms with van der Waals surface area (Å²) in [7, 11) is 1.64. The largest absolute Gasteiger partial charge is 0.379 e. The van der Waals surface area contributed by atoms with Gasteiger partial charge in [-0.2, -0.15) is 0 Å². The predicted octanol–water partition coefficient (Wildman–Crippen LogP) is -0.570. The van der Waals surface area contributed by atoms with Gasteiger partial charge < -0.3 is 10.1 Å². The van der Waals surface area contributed by atoms with Gasteiger partial charge in [0.2, 0.25) is 0 Å². The summed E-state index contributed by atoms with van der Waals surface area (Å²) in [6.45, 7) is 0. The minimum atomic E-state index is 0.234. The summed E-state index contributed by atoms with van der Waals surface area (Å²) in [6, 6.07) is 0.234. The van der Waals surface area contributed by atoms with Crippen molar-refractivity contribution < 1.29 is 9.53 Å². The van der Waals surface area contributed by atoms with Crippen LogP contribution < -0.4 is 5.32 Å². The van der Waals surface area contributed by atoms with Crippen molar-refractivity contribution in [1.82, 2.24) is 5.32 Å². The fourth-order valence-electron chi connectivity index (χ4n) is 0.660. The predicted molar refractivity (Wildman–Crippen MR) is 28.0 cm³/mol. The molecule has 0 spiro atoms. The molecule has 1 aliphatic rings. The van der Waals surface area contributed by atoms with Crippen LogP contribution in [0.1, 0.15) is 6.42 Å². The third-order valence-corrected chi connectivity index (χ3v) is 1.28. The molecule has 8 heavy (non-hydrogen) atoms. The van der Waals surface area contributed by atoms with Crippen molar-refractivity contribution >= 4 is 6.41 Å². The Bertz CT molecular complexity index is 94.4. The summed E-state index contributed by atoms with van der Waals surface area (Å²) < 4.78 is 4.88. The Hall–Kier alpha value is -0.570. The number of ether oxygens (including phenoxy) is 1. The maximum Gasteiger partial charge on any atom is 0.309 e. The number of hydrogen-bond acceptors (Lipinski definition) is 2. The number of rotatable bonds is 3. The van der Waals surface area contributed by atoms with Crippen molar-refractivity contribution in [2.45, 2.75) is 18.6 Å². The zero-order valence-corrected chi connectivity index (χ0v) is 4.68. The maximum absolute atomic E-state index is 9.63. The van der Waals surface area contributed by atoms with E-state index in [2.05, 4.69) is 5.32 Å². The van der Waals surface area contributed by atoms with Crippen molar-refractivity contribution in [1.29, 1.82) is 0 Å². The first-order chi connectivity index (χ1) is 3.88. The van der Waals surface area contributed by atoms with Crippen molar-refractivity contribution in [3.8, 4) is 0 Å². The van der Waals surface area contributed by atoms with E-state index in [1.54, 1.807) is 13.5 Å². The average Bonchev–Trinajstić information content (AvgIpc) is 2.48. The van der Waals surface area contributed by atoms with Gasteiger partial charge in [0.15, 0.2) is 0 Å². The lowest BCUT2D eigenvalue weighted by atomic mass is 10.7. The van der Waals surface area contributed by atoms with Crippen LogP contribution in [0.15, 0.2) is 0 Å². The first-order valence-corrected chi connectivity index (χ1v) is 2.54. The van der Waals surface area contributed by atoms with E-state index in [-0.39, 0.29) is 12.1 Å². The standard InChI is InChI=1S/C5H8NO2/c1-8-5-2-4(5)6-3-7/h4-5H,2H2,1H3,(H,6,7). The fourth-order valence-corrected chi connectivity index (χ4v) is 0.660. The molecule has 1 aliphatic carbocycles. The van der Waals surface area contributed by atoms with Gasteiger partial charge in [-0.1, -0.05) is 0 Å². The van der Waals surface area contributed by atoms with Gasteiger partial charge in [-0.25, -0.2) is 0 Å². The minimum absolute atomic E-state index is 0.234. The number of carbonyl (C=O) groups excluding carboxylic acids is 1. The second-order valence-electron chi connectivity index (χ2n) is 1.86. The first kappa shape index (κ1) is 5.56. The summed E-state index contributed by atoms with van der Waals surface area (Å²) in [5, 5.41) is 2.49. The molecule has 1 amide bonds. The smallest absolute Gasteiger partial charge is 0.309 e. The molecule has 1 fully saturated rings. The van der Waals surface area contributed by atoms with Crippen LogP contribution in [-0.4, -0.2) is 25.7 Å². The molecule has 1 rings (SSSR count). The molecule has 3 nitrogen and oxygen atoms in total. The molecule has 2 atom stereocenters. The molecule has 3 heteroatoms. The van der Waals surface area contributed by atoms with Crippen LogP contribution in [0.25, 0.3) is 0 Å². The van der Waals surface area contributed by atoms with E-state index < -0.39 is 0 Å². The summed E-state index contributed by atoms with van der Waals surface area (Å²) in [4.78, 5) is 9.63. The van der Waals surface area contributed by atoms with Gasteiger partial charge >= 0.3 is 6.41 Å². The highest BCUT2D eigenvalue weighted by Gasteiger charge is 2.36. The lowest BCUT2D eigenvalue weighted by Crippen LogP contribution is -2.17. The van der Waals surface area contributed by atoms with Crippen LogP contribution in [0.4, 0.5) is 0 Å². The van der Waals surface area contributed by atoms with Crippen molar-refractivity contribution in [3.05, 3.63) is 0 Å². The van der Waals surface area contributed by atoms with Crippen LogP contribution in [0.5, 0.6) is 0 Å². The molecule has 1 N–H and O–H groups in total. The molecule has 0 aromatic carbocycles. The summed E-state index contributed by atoms with van der Waals surface area (Å²) in [5.74, 6) is 0. The van der Waals surface area contributed by atoms with Crippen LogP contribution in [0.2, 0.25) is 0 Å². The highest BCUT2D eigenvalue weighted by Crippen LogP contribution is 2.23. The van der Waals surface area contributed by atoms with Crippen LogP contribution in [-0.2, 0) is 9.53 Å². The van der Waals surface area contributed by atoms with Gasteiger partial charge in [-0.3, -0.25) is 4.79 Å².